The number of halogens is 2. The summed E-state index contributed by atoms with van der Waals surface area (Å²) in [4.78, 5) is 23.4. The van der Waals surface area contributed by atoms with Gasteiger partial charge in [-0.1, -0.05) is 6.07 Å². The standard InChI is InChI=1S/C16H11F2N3O2/c17-12-2-1-3-13(18)16(12)21-15(23)8-14(22)20-11-6-4-10(9-19)5-7-11/h1-7H,8H2,(H,20,22)(H,21,23). The van der Waals surface area contributed by atoms with Crippen LogP contribution in [-0.4, -0.2) is 11.8 Å². The average Bonchev–Trinajstić information content (AvgIpc) is 2.51. The molecule has 0 fully saturated rings. The van der Waals surface area contributed by atoms with Gasteiger partial charge in [0.2, 0.25) is 11.8 Å². The van der Waals surface area contributed by atoms with Crippen molar-refractivity contribution in [3.63, 3.8) is 0 Å². The molecule has 0 bridgehead atoms. The van der Waals surface area contributed by atoms with Crippen LogP contribution in [0.15, 0.2) is 42.5 Å². The molecule has 0 aliphatic rings. The molecule has 116 valence electrons. The summed E-state index contributed by atoms with van der Waals surface area (Å²) < 4.78 is 26.8. The molecule has 0 atom stereocenters. The molecular formula is C16H11F2N3O2. The third kappa shape index (κ3) is 4.35. The summed E-state index contributed by atoms with van der Waals surface area (Å²) in [6.45, 7) is 0. The van der Waals surface area contributed by atoms with Crippen molar-refractivity contribution in [3.05, 3.63) is 59.7 Å². The van der Waals surface area contributed by atoms with Crippen LogP contribution in [0, 0.1) is 23.0 Å². The second-order valence-corrected chi connectivity index (χ2v) is 4.56. The smallest absolute Gasteiger partial charge is 0.233 e. The number of carbonyl (C=O) groups is 2. The minimum Gasteiger partial charge on any atom is -0.326 e. The number of para-hydroxylation sites is 1. The van der Waals surface area contributed by atoms with E-state index in [4.69, 9.17) is 5.26 Å². The number of hydrogen-bond donors (Lipinski definition) is 2. The molecule has 0 saturated heterocycles. The fourth-order valence-corrected chi connectivity index (χ4v) is 1.78. The molecule has 23 heavy (non-hydrogen) atoms. The Morgan fingerprint density at radius 1 is 0.957 bits per heavy atom. The van der Waals surface area contributed by atoms with Crippen molar-refractivity contribution >= 4 is 23.2 Å². The molecule has 2 rings (SSSR count). The van der Waals surface area contributed by atoms with Gasteiger partial charge in [-0.2, -0.15) is 5.26 Å². The summed E-state index contributed by atoms with van der Waals surface area (Å²) in [5, 5.41) is 13.1. The lowest BCUT2D eigenvalue weighted by Crippen LogP contribution is -2.22. The molecule has 0 aliphatic carbocycles. The van der Waals surface area contributed by atoms with E-state index in [0.717, 1.165) is 18.2 Å². The lowest BCUT2D eigenvalue weighted by Gasteiger charge is -2.08. The van der Waals surface area contributed by atoms with Crippen LogP contribution in [0.2, 0.25) is 0 Å². The molecular weight excluding hydrogens is 304 g/mol. The van der Waals surface area contributed by atoms with Crippen LogP contribution in [0.25, 0.3) is 0 Å². The van der Waals surface area contributed by atoms with E-state index >= 15 is 0 Å². The van der Waals surface area contributed by atoms with Gasteiger partial charge in [0.1, 0.15) is 23.7 Å². The van der Waals surface area contributed by atoms with E-state index in [2.05, 4.69) is 5.32 Å². The number of nitriles is 1. The summed E-state index contributed by atoms with van der Waals surface area (Å²) >= 11 is 0. The Morgan fingerprint density at radius 3 is 2.09 bits per heavy atom. The van der Waals surface area contributed by atoms with Gasteiger partial charge in [0, 0.05) is 5.69 Å². The van der Waals surface area contributed by atoms with Crippen LogP contribution >= 0.6 is 0 Å². The maximum atomic E-state index is 13.4. The predicted molar refractivity (Wildman–Crippen MR) is 79.4 cm³/mol. The molecule has 0 aliphatic heterocycles. The number of benzene rings is 2. The summed E-state index contributed by atoms with van der Waals surface area (Å²) in [6.07, 6.45) is -0.603. The van der Waals surface area contributed by atoms with Crippen LogP contribution in [0.1, 0.15) is 12.0 Å². The zero-order valence-corrected chi connectivity index (χ0v) is 11.8. The molecule has 0 saturated carbocycles. The molecule has 2 aromatic carbocycles. The zero-order chi connectivity index (χ0) is 16.8. The minimum absolute atomic E-state index is 0.402. The largest absolute Gasteiger partial charge is 0.326 e. The normalized spacial score (nSPS) is 9.78. The monoisotopic (exact) mass is 315 g/mol. The number of hydrogen-bond acceptors (Lipinski definition) is 3. The van der Waals surface area contributed by atoms with Gasteiger partial charge in [-0.15, -0.1) is 0 Å². The lowest BCUT2D eigenvalue weighted by molar-refractivity contribution is -0.123. The molecule has 5 nitrogen and oxygen atoms in total. The Labute approximate surface area is 130 Å². The van der Waals surface area contributed by atoms with Crippen molar-refractivity contribution in [1.82, 2.24) is 0 Å². The third-order valence-corrected chi connectivity index (χ3v) is 2.85. The first-order chi connectivity index (χ1) is 11.0. The summed E-state index contributed by atoms with van der Waals surface area (Å²) in [5.41, 5.74) is 0.235. The minimum atomic E-state index is -0.925. The van der Waals surface area contributed by atoms with E-state index in [1.165, 1.54) is 24.3 Å². The van der Waals surface area contributed by atoms with Crippen molar-refractivity contribution in [1.29, 1.82) is 5.26 Å². The van der Waals surface area contributed by atoms with Crippen molar-refractivity contribution in [2.45, 2.75) is 6.42 Å². The summed E-state index contributed by atoms with van der Waals surface area (Å²) in [6, 6.07) is 11.1. The van der Waals surface area contributed by atoms with Crippen molar-refractivity contribution in [2.24, 2.45) is 0 Å². The highest BCUT2D eigenvalue weighted by molar-refractivity contribution is 6.08. The van der Waals surface area contributed by atoms with Crippen LogP contribution in [-0.2, 0) is 9.59 Å². The highest BCUT2D eigenvalue weighted by atomic mass is 19.1. The van der Waals surface area contributed by atoms with Gasteiger partial charge in [0.05, 0.1) is 11.6 Å². The Bertz CT molecular complexity index is 763. The Balaban J connectivity index is 1.94. The fourth-order valence-electron chi connectivity index (χ4n) is 1.78. The number of nitrogens with one attached hydrogen (secondary N) is 2. The van der Waals surface area contributed by atoms with E-state index in [1.807, 2.05) is 11.4 Å². The van der Waals surface area contributed by atoms with E-state index in [9.17, 15) is 18.4 Å². The van der Waals surface area contributed by atoms with Gasteiger partial charge in [0.25, 0.3) is 0 Å². The summed E-state index contributed by atoms with van der Waals surface area (Å²) in [5.74, 6) is -3.35. The fraction of sp³-hybridized carbons (Fsp3) is 0.0625. The topological polar surface area (TPSA) is 82.0 Å². The number of anilines is 2. The van der Waals surface area contributed by atoms with Gasteiger partial charge >= 0.3 is 0 Å². The maximum Gasteiger partial charge on any atom is 0.233 e. The Hall–Kier alpha value is -3.27. The van der Waals surface area contributed by atoms with Crippen molar-refractivity contribution < 1.29 is 18.4 Å². The Morgan fingerprint density at radius 2 is 1.52 bits per heavy atom. The first-order valence-electron chi connectivity index (χ1n) is 6.53. The summed E-state index contributed by atoms with van der Waals surface area (Å²) in [7, 11) is 0. The molecule has 7 heteroatoms. The van der Waals surface area contributed by atoms with Gasteiger partial charge in [-0.3, -0.25) is 9.59 Å². The van der Waals surface area contributed by atoms with Gasteiger partial charge < -0.3 is 10.6 Å². The molecule has 2 N–H and O–H groups in total. The Kier molecular flexibility index (Phi) is 5.00. The quantitative estimate of drug-likeness (QED) is 0.851. The lowest BCUT2D eigenvalue weighted by atomic mass is 10.2. The second kappa shape index (κ2) is 7.13. The number of nitrogens with zero attached hydrogens (tertiary/aromatic N) is 1. The molecule has 0 unspecified atom stereocenters. The van der Waals surface area contributed by atoms with E-state index in [1.54, 1.807) is 0 Å². The van der Waals surface area contributed by atoms with Crippen LogP contribution in [0.5, 0.6) is 0 Å². The van der Waals surface area contributed by atoms with Crippen LogP contribution in [0.3, 0.4) is 0 Å². The first-order valence-corrected chi connectivity index (χ1v) is 6.53. The van der Waals surface area contributed by atoms with Crippen LogP contribution in [0.4, 0.5) is 20.2 Å². The van der Waals surface area contributed by atoms with Crippen LogP contribution < -0.4 is 10.6 Å². The number of carbonyl (C=O) groups excluding carboxylic acids is 2. The second-order valence-electron chi connectivity index (χ2n) is 4.56. The zero-order valence-electron chi connectivity index (χ0n) is 11.8. The molecule has 0 aromatic heterocycles. The maximum absolute atomic E-state index is 13.4. The van der Waals surface area contributed by atoms with Gasteiger partial charge in [-0.25, -0.2) is 8.78 Å². The number of rotatable bonds is 4. The average molecular weight is 315 g/mol. The van der Waals surface area contributed by atoms with Gasteiger partial charge in [-0.05, 0) is 36.4 Å². The first kappa shape index (κ1) is 16.1. The molecule has 0 radical (unpaired) electrons. The molecule has 0 spiro atoms. The van der Waals surface area contributed by atoms with E-state index in [-0.39, 0.29) is 0 Å². The van der Waals surface area contributed by atoms with E-state index in [0.29, 0.717) is 11.3 Å². The highest BCUT2D eigenvalue weighted by Gasteiger charge is 2.15. The third-order valence-electron chi connectivity index (χ3n) is 2.85. The number of amides is 2. The highest BCUT2D eigenvalue weighted by Crippen LogP contribution is 2.18. The predicted octanol–water partition coefficient (Wildman–Crippen LogP) is 2.80. The molecule has 2 aromatic rings. The SMILES string of the molecule is N#Cc1ccc(NC(=O)CC(=O)Nc2c(F)cccc2F)cc1. The van der Waals surface area contributed by atoms with Crippen molar-refractivity contribution in [3.8, 4) is 6.07 Å². The van der Waals surface area contributed by atoms with E-state index < -0.39 is 35.6 Å². The molecule has 0 heterocycles. The van der Waals surface area contributed by atoms with Gasteiger partial charge in [0.15, 0.2) is 0 Å². The molecule has 2 amide bonds. The van der Waals surface area contributed by atoms with Crippen molar-refractivity contribution in [2.75, 3.05) is 10.6 Å².